The van der Waals surface area contributed by atoms with Gasteiger partial charge in [0.15, 0.2) is 0 Å². The van der Waals surface area contributed by atoms with Gasteiger partial charge in [0.2, 0.25) is 0 Å². The van der Waals surface area contributed by atoms with Crippen LogP contribution < -0.4 is 15.4 Å². The first kappa shape index (κ1) is 15.5. The smallest absolute Gasteiger partial charge is 0.318 e. The molecule has 0 bridgehead atoms. The number of carbonyl (C=O) groups excluding carboxylic acids is 1. The van der Waals surface area contributed by atoms with Crippen molar-refractivity contribution in [1.82, 2.24) is 0 Å². The van der Waals surface area contributed by atoms with Gasteiger partial charge in [-0.2, -0.15) is 0 Å². The van der Waals surface area contributed by atoms with Gasteiger partial charge in [-0.3, -0.25) is 4.79 Å². The number of halogens is 1. The third-order valence-electron chi connectivity index (χ3n) is 3.34. The van der Waals surface area contributed by atoms with E-state index in [1.54, 1.807) is 12.1 Å². The second kappa shape index (κ2) is 6.78. The summed E-state index contributed by atoms with van der Waals surface area (Å²) in [5, 5.41) is 15.7. The van der Waals surface area contributed by atoms with Crippen LogP contribution in [0.2, 0.25) is 0 Å². The first-order chi connectivity index (χ1) is 11.6. The fourth-order valence-corrected chi connectivity index (χ4v) is 2.13. The monoisotopic (exact) mass is 324 g/mol. The normalized spacial score (nSPS) is 10.2. The van der Waals surface area contributed by atoms with Crippen molar-refractivity contribution < 1.29 is 19.1 Å². The van der Waals surface area contributed by atoms with Gasteiger partial charge in [-0.25, -0.2) is 9.71 Å². The van der Waals surface area contributed by atoms with E-state index in [2.05, 4.69) is 10.6 Å². The molecule has 1 amide bonds. The molecule has 1 aromatic heterocycles. The molecule has 0 spiro atoms. The number of hydrogen-bond acceptors (Lipinski definition) is 3. The molecular formula is C18H15FN3O2+. The Kier molecular flexibility index (Phi) is 4.38. The van der Waals surface area contributed by atoms with E-state index >= 15 is 0 Å². The van der Waals surface area contributed by atoms with Crippen LogP contribution in [0.15, 0.2) is 72.9 Å². The van der Waals surface area contributed by atoms with Crippen LogP contribution in [-0.2, 0) is 0 Å². The molecule has 0 radical (unpaired) electrons. The number of aromatic nitrogens is 1. The van der Waals surface area contributed by atoms with Crippen LogP contribution in [0.1, 0.15) is 10.4 Å². The summed E-state index contributed by atoms with van der Waals surface area (Å²) >= 11 is 0. The highest BCUT2D eigenvalue weighted by atomic mass is 19.1. The highest BCUT2D eigenvalue weighted by Gasteiger charge is 2.14. The van der Waals surface area contributed by atoms with Crippen LogP contribution in [0.3, 0.4) is 0 Å². The number of nitrogens with one attached hydrogen (secondary N) is 2. The molecule has 3 aromatic rings. The number of pyridine rings is 1. The maximum atomic E-state index is 12.9. The van der Waals surface area contributed by atoms with Gasteiger partial charge in [0, 0.05) is 11.8 Å². The van der Waals surface area contributed by atoms with Crippen molar-refractivity contribution in [2.45, 2.75) is 0 Å². The van der Waals surface area contributed by atoms with Crippen molar-refractivity contribution in [1.29, 1.82) is 0 Å². The van der Waals surface area contributed by atoms with E-state index in [-0.39, 0.29) is 11.4 Å². The third-order valence-corrected chi connectivity index (χ3v) is 3.34. The molecule has 1 heterocycles. The van der Waals surface area contributed by atoms with Crippen molar-refractivity contribution in [2.75, 3.05) is 10.6 Å². The Morgan fingerprint density at radius 2 is 1.62 bits per heavy atom. The highest BCUT2D eigenvalue weighted by molar-refractivity contribution is 6.03. The lowest BCUT2D eigenvalue weighted by Gasteiger charge is -2.06. The average Bonchev–Trinajstić information content (AvgIpc) is 2.59. The zero-order chi connectivity index (χ0) is 16.9. The minimum atomic E-state index is -0.407. The molecule has 3 rings (SSSR count). The van der Waals surface area contributed by atoms with Crippen LogP contribution >= 0.6 is 0 Å². The molecule has 0 fully saturated rings. The summed E-state index contributed by atoms with van der Waals surface area (Å²) in [5.41, 5.74) is 1.54. The van der Waals surface area contributed by atoms with E-state index in [0.29, 0.717) is 11.5 Å². The van der Waals surface area contributed by atoms with E-state index in [0.717, 1.165) is 10.4 Å². The highest BCUT2D eigenvalue weighted by Crippen LogP contribution is 2.14. The Morgan fingerprint density at radius 3 is 2.29 bits per heavy atom. The largest absolute Gasteiger partial charge is 0.350 e. The summed E-state index contributed by atoms with van der Waals surface area (Å²) in [6.45, 7) is 0. The van der Waals surface area contributed by atoms with Gasteiger partial charge in [0.25, 0.3) is 5.91 Å². The molecule has 0 saturated heterocycles. The van der Waals surface area contributed by atoms with Gasteiger partial charge in [-0.15, -0.1) is 0 Å². The lowest BCUT2D eigenvalue weighted by molar-refractivity contribution is -0.893. The molecule has 6 heteroatoms. The van der Waals surface area contributed by atoms with E-state index in [1.807, 2.05) is 30.3 Å². The molecule has 3 N–H and O–H groups in total. The lowest BCUT2D eigenvalue weighted by atomic mass is 10.2. The number of carbonyl (C=O) groups is 1. The fourth-order valence-electron chi connectivity index (χ4n) is 2.13. The molecule has 24 heavy (non-hydrogen) atoms. The lowest BCUT2D eigenvalue weighted by Crippen LogP contribution is -2.34. The molecule has 0 saturated carbocycles. The Morgan fingerprint density at radius 1 is 0.917 bits per heavy atom. The zero-order valence-electron chi connectivity index (χ0n) is 12.6. The molecule has 0 aliphatic heterocycles. The summed E-state index contributed by atoms with van der Waals surface area (Å²) in [6.07, 6.45) is 1.30. The number of anilines is 3. The van der Waals surface area contributed by atoms with Crippen LogP contribution in [0.25, 0.3) is 0 Å². The zero-order valence-corrected chi connectivity index (χ0v) is 12.6. The Bertz CT molecular complexity index is 852. The molecule has 120 valence electrons. The fraction of sp³-hybridized carbons (Fsp3) is 0. The summed E-state index contributed by atoms with van der Waals surface area (Å²) in [5.74, 6) is -0.368. The first-order valence-corrected chi connectivity index (χ1v) is 7.26. The van der Waals surface area contributed by atoms with Crippen LogP contribution in [0, 0.1) is 5.82 Å². The molecule has 0 aliphatic rings. The van der Waals surface area contributed by atoms with E-state index in [9.17, 15) is 14.4 Å². The molecule has 0 aliphatic carbocycles. The molecule has 0 atom stereocenters. The van der Waals surface area contributed by atoms with Crippen LogP contribution in [-0.4, -0.2) is 11.1 Å². The maximum absolute atomic E-state index is 12.9. The van der Waals surface area contributed by atoms with Crippen molar-refractivity contribution in [3.05, 3.63) is 84.3 Å². The van der Waals surface area contributed by atoms with Crippen molar-refractivity contribution in [3.8, 4) is 0 Å². The number of amides is 1. The van der Waals surface area contributed by atoms with E-state index < -0.39 is 5.91 Å². The number of nitrogens with zero attached hydrogens (tertiary/aromatic N) is 1. The van der Waals surface area contributed by atoms with E-state index in [1.165, 1.54) is 30.5 Å². The van der Waals surface area contributed by atoms with E-state index in [4.69, 9.17) is 0 Å². The second-order valence-corrected chi connectivity index (χ2v) is 5.10. The second-order valence-electron chi connectivity index (χ2n) is 5.10. The number of rotatable bonds is 4. The Labute approximate surface area is 138 Å². The Balaban J connectivity index is 1.74. The minimum Gasteiger partial charge on any atom is -0.350 e. The summed E-state index contributed by atoms with van der Waals surface area (Å²) in [7, 11) is 0. The number of hydrogen-bond donors (Lipinski definition) is 3. The van der Waals surface area contributed by atoms with Gasteiger partial charge < -0.3 is 10.5 Å². The van der Waals surface area contributed by atoms with Gasteiger partial charge in [-0.1, -0.05) is 22.9 Å². The van der Waals surface area contributed by atoms with Crippen molar-refractivity contribution in [3.63, 3.8) is 0 Å². The van der Waals surface area contributed by atoms with Crippen molar-refractivity contribution in [2.24, 2.45) is 0 Å². The maximum Gasteiger partial charge on any atom is 0.318 e. The average molecular weight is 324 g/mol. The summed E-state index contributed by atoms with van der Waals surface area (Å²) < 4.78 is 13.7. The molecule has 5 nitrogen and oxygen atoms in total. The minimum absolute atomic E-state index is 0.264. The van der Waals surface area contributed by atoms with Crippen LogP contribution in [0.5, 0.6) is 0 Å². The predicted octanol–water partition coefficient (Wildman–Crippen LogP) is 3.35. The van der Waals surface area contributed by atoms with Gasteiger partial charge >= 0.3 is 5.82 Å². The quantitative estimate of drug-likeness (QED) is 0.509. The Hall–Kier alpha value is -3.41. The van der Waals surface area contributed by atoms with Crippen LogP contribution in [0.4, 0.5) is 21.6 Å². The summed E-state index contributed by atoms with van der Waals surface area (Å²) in [4.78, 5) is 12.2. The topological polar surface area (TPSA) is 65.2 Å². The first-order valence-electron chi connectivity index (χ1n) is 7.26. The third kappa shape index (κ3) is 3.67. The SMILES string of the molecule is O=C(Nc1ccc(F)cc1)c1ccc(Nc2ccccc2)[n+](O)c1. The predicted molar refractivity (Wildman–Crippen MR) is 87.9 cm³/mol. The molecular weight excluding hydrogens is 309 g/mol. The molecule has 2 aromatic carbocycles. The molecule has 0 unspecified atom stereocenters. The van der Waals surface area contributed by atoms with Gasteiger partial charge in [0.05, 0.1) is 5.56 Å². The summed E-state index contributed by atoms with van der Waals surface area (Å²) in [6, 6.07) is 18.0. The standard InChI is InChI=1S/C18H14FN3O2/c19-14-7-9-16(10-8-14)21-18(23)13-6-11-17(22(24)12-13)20-15-4-2-1-3-5-15/h1-12,24H,(H,21,23)/p+1. The van der Waals surface area contributed by atoms with Crippen molar-refractivity contribution >= 4 is 23.1 Å². The van der Waals surface area contributed by atoms with Gasteiger partial charge in [0.1, 0.15) is 17.7 Å². The number of benzene rings is 2. The number of para-hydroxylation sites is 1. The van der Waals surface area contributed by atoms with Gasteiger partial charge in [-0.05, 0) is 42.5 Å².